The number of benzene rings is 2. The molecule has 0 aliphatic carbocycles. The van der Waals surface area contributed by atoms with Gasteiger partial charge in [-0.1, -0.05) is 30.3 Å². The third kappa shape index (κ3) is 3.46. The first-order valence-electron chi connectivity index (χ1n) is 6.13. The van der Waals surface area contributed by atoms with Gasteiger partial charge in [-0.15, -0.1) is 0 Å². The first-order chi connectivity index (χ1) is 10.5. The van der Waals surface area contributed by atoms with Gasteiger partial charge in [-0.05, 0) is 16.8 Å². The molecule has 0 saturated heterocycles. The Bertz CT molecular complexity index is 787. The summed E-state index contributed by atoms with van der Waals surface area (Å²) in [6.45, 7) is 0. The smallest absolute Gasteiger partial charge is 0.454 e. The van der Waals surface area contributed by atoms with E-state index in [0.29, 0.717) is 6.07 Å². The molecule has 1 N–H and O–H groups in total. The van der Waals surface area contributed by atoms with Crippen molar-refractivity contribution in [2.75, 3.05) is 0 Å². The highest BCUT2D eigenvalue weighted by Gasteiger charge is 2.37. The molecule has 2 rings (SSSR count). The van der Waals surface area contributed by atoms with Gasteiger partial charge in [-0.3, -0.25) is 4.79 Å². The van der Waals surface area contributed by atoms with E-state index in [9.17, 15) is 36.2 Å². The molecule has 2 aromatic carbocycles. The number of aliphatic hydroxyl groups excluding tert-OH is 1. The summed E-state index contributed by atoms with van der Waals surface area (Å²) < 4.78 is 75.4. The summed E-state index contributed by atoms with van der Waals surface area (Å²) in [5, 5.41) is 9.29. The molecule has 0 bridgehead atoms. The molecule has 0 radical (unpaired) electrons. The van der Waals surface area contributed by atoms with E-state index in [1.807, 2.05) is 0 Å². The molecule has 0 heterocycles. The monoisotopic (exact) mass is 334 g/mol. The molecule has 0 unspecified atom stereocenters. The second-order valence-corrected chi connectivity index (χ2v) is 4.60. The quantitative estimate of drug-likeness (QED) is 0.482. The molecule has 0 aromatic heterocycles. The average Bonchev–Trinajstić information content (AvgIpc) is 2.43. The molecule has 0 fully saturated rings. The normalized spacial score (nSPS) is 13.4. The van der Waals surface area contributed by atoms with Crippen molar-refractivity contribution in [1.82, 2.24) is 0 Å². The topological polar surface area (TPSA) is 37.3 Å². The molecule has 0 aliphatic rings. The predicted octanol–water partition coefficient (Wildman–Crippen LogP) is 4.89. The molecule has 2 nitrogen and oxygen atoms in total. The van der Waals surface area contributed by atoms with Crippen LogP contribution in [0.2, 0.25) is 0 Å². The molecule has 0 spiro atoms. The van der Waals surface area contributed by atoms with Crippen molar-refractivity contribution in [3.05, 3.63) is 53.6 Å². The zero-order valence-corrected chi connectivity index (χ0v) is 11.2. The van der Waals surface area contributed by atoms with Crippen molar-refractivity contribution < 1.29 is 36.2 Å². The number of hydrogen-bond donors (Lipinski definition) is 1. The predicted molar refractivity (Wildman–Crippen MR) is 70.6 cm³/mol. The minimum absolute atomic E-state index is 0.0605. The molecule has 2 aromatic rings. The fraction of sp³-hybridized carbons (Fsp3) is 0.133. The Morgan fingerprint density at radius 3 is 2.00 bits per heavy atom. The highest BCUT2D eigenvalue weighted by atomic mass is 19.4. The first kappa shape index (κ1) is 16.9. The number of allylic oxidation sites excluding steroid dienone is 1. The van der Waals surface area contributed by atoms with E-state index < -0.39 is 29.5 Å². The van der Waals surface area contributed by atoms with E-state index in [2.05, 4.69) is 0 Å². The number of fused-ring (bicyclic) bond motifs is 1. The Kier molecular flexibility index (Phi) is 4.10. The van der Waals surface area contributed by atoms with Gasteiger partial charge in [0.25, 0.3) is 5.78 Å². The number of ketones is 1. The van der Waals surface area contributed by atoms with Crippen LogP contribution >= 0.6 is 0 Å². The van der Waals surface area contributed by atoms with Crippen molar-refractivity contribution in [3.63, 3.8) is 0 Å². The van der Waals surface area contributed by atoms with E-state index in [0.717, 1.165) is 12.1 Å². The molecule has 122 valence electrons. The standard InChI is InChI=1S/C15H8F6O2/c16-14(17,18)11-6-5-10(8-3-1-2-4-9(8)11)12(22)7-13(23)15(19,20)21/h1-7,22H/b12-7-. The molecule has 23 heavy (non-hydrogen) atoms. The molecule has 0 aliphatic heterocycles. The van der Waals surface area contributed by atoms with Crippen LogP contribution in [-0.2, 0) is 11.0 Å². The van der Waals surface area contributed by atoms with Crippen LogP contribution in [-0.4, -0.2) is 17.1 Å². The first-order valence-corrected chi connectivity index (χ1v) is 6.13. The summed E-state index contributed by atoms with van der Waals surface area (Å²) in [5.74, 6) is -3.36. The van der Waals surface area contributed by atoms with Gasteiger partial charge in [0.15, 0.2) is 0 Å². The van der Waals surface area contributed by atoms with Crippen LogP contribution in [0.25, 0.3) is 16.5 Å². The number of carbonyl (C=O) groups is 1. The lowest BCUT2D eigenvalue weighted by Gasteiger charge is -2.13. The van der Waals surface area contributed by atoms with Crippen molar-refractivity contribution >= 4 is 22.3 Å². The van der Waals surface area contributed by atoms with Crippen LogP contribution < -0.4 is 0 Å². The minimum atomic E-state index is -5.18. The van der Waals surface area contributed by atoms with Crippen LogP contribution in [0, 0.1) is 0 Å². The average molecular weight is 334 g/mol. The lowest BCUT2D eigenvalue weighted by atomic mass is 9.97. The zero-order chi connectivity index (χ0) is 17.4. The SMILES string of the molecule is O=C(/C=C(\O)c1ccc(C(F)(F)F)c2ccccc12)C(F)(F)F. The van der Waals surface area contributed by atoms with Crippen LogP contribution in [0.3, 0.4) is 0 Å². The number of rotatable bonds is 2. The van der Waals surface area contributed by atoms with Gasteiger partial charge >= 0.3 is 12.4 Å². The van der Waals surface area contributed by atoms with Crippen molar-refractivity contribution in [1.29, 1.82) is 0 Å². The Labute approximate surface area is 125 Å². The highest BCUT2D eigenvalue weighted by Crippen LogP contribution is 2.37. The van der Waals surface area contributed by atoms with Crippen LogP contribution in [0.1, 0.15) is 11.1 Å². The lowest BCUT2D eigenvalue weighted by Crippen LogP contribution is -2.20. The van der Waals surface area contributed by atoms with Crippen molar-refractivity contribution in [3.8, 4) is 0 Å². The Morgan fingerprint density at radius 2 is 1.48 bits per heavy atom. The Morgan fingerprint density at radius 1 is 0.913 bits per heavy atom. The van der Waals surface area contributed by atoms with Gasteiger partial charge in [0.2, 0.25) is 0 Å². The lowest BCUT2D eigenvalue weighted by molar-refractivity contribution is -0.165. The fourth-order valence-electron chi connectivity index (χ4n) is 2.05. The van der Waals surface area contributed by atoms with E-state index in [1.54, 1.807) is 0 Å². The van der Waals surface area contributed by atoms with Crippen LogP contribution in [0.5, 0.6) is 0 Å². The fourth-order valence-corrected chi connectivity index (χ4v) is 2.05. The molecule has 0 amide bonds. The van der Waals surface area contributed by atoms with E-state index in [-0.39, 0.29) is 22.4 Å². The minimum Gasteiger partial charge on any atom is -0.507 e. The van der Waals surface area contributed by atoms with Gasteiger partial charge in [-0.2, -0.15) is 26.3 Å². The third-order valence-electron chi connectivity index (χ3n) is 3.05. The number of alkyl halides is 6. The summed E-state index contributed by atoms with van der Waals surface area (Å²) in [4.78, 5) is 10.9. The zero-order valence-electron chi connectivity index (χ0n) is 11.2. The number of halogens is 6. The van der Waals surface area contributed by atoms with Crippen LogP contribution in [0.15, 0.2) is 42.5 Å². The molecule has 0 atom stereocenters. The maximum atomic E-state index is 12.9. The Balaban J connectivity index is 2.65. The molecular weight excluding hydrogens is 326 g/mol. The van der Waals surface area contributed by atoms with Crippen molar-refractivity contribution in [2.45, 2.75) is 12.4 Å². The highest BCUT2D eigenvalue weighted by molar-refractivity contribution is 6.03. The van der Waals surface area contributed by atoms with Crippen molar-refractivity contribution in [2.24, 2.45) is 0 Å². The van der Waals surface area contributed by atoms with E-state index in [4.69, 9.17) is 0 Å². The number of carbonyl (C=O) groups excluding carboxylic acids is 1. The number of hydrogen-bond acceptors (Lipinski definition) is 2. The van der Waals surface area contributed by atoms with Gasteiger partial charge in [0.1, 0.15) is 5.76 Å². The van der Waals surface area contributed by atoms with Crippen LogP contribution in [0.4, 0.5) is 26.3 Å². The largest absolute Gasteiger partial charge is 0.507 e. The maximum Gasteiger partial charge on any atom is 0.454 e. The second-order valence-electron chi connectivity index (χ2n) is 4.60. The van der Waals surface area contributed by atoms with Gasteiger partial charge in [-0.25, -0.2) is 0 Å². The van der Waals surface area contributed by atoms with Gasteiger partial charge < -0.3 is 5.11 Å². The third-order valence-corrected chi connectivity index (χ3v) is 3.05. The summed E-state index contributed by atoms with van der Waals surface area (Å²) >= 11 is 0. The van der Waals surface area contributed by atoms with E-state index >= 15 is 0 Å². The second kappa shape index (κ2) is 5.60. The Hall–Kier alpha value is -2.51. The maximum absolute atomic E-state index is 12.9. The van der Waals surface area contributed by atoms with Gasteiger partial charge in [0.05, 0.1) is 5.56 Å². The summed E-state index contributed by atoms with van der Waals surface area (Å²) in [5.41, 5.74) is -1.29. The number of aliphatic hydroxyl groups is 1. The molecular formula is C15H8F6O2. The van der Waals surface area contributed by atoms with Gasteiger partial charge in [0, 0.05) is 11.6 Å². The summed E-state index contributed by atoms with van der Waals surface area (Å²) in [7, 11) is 0. The molecule has 8 heteroatoms. The van der Waals surface area contributed by atoms with E-state index in [1.165, 1.54) is 18.2 Å². The summed E-state index contributed by atoms with van der Waals surface area (Å²) in [6, 6.07) is 6.48. The summed E-state index contributed by atoms with van der Waals surface area (Å²) in [6.07, 6.45) is -9.91. The molecule has 0 saturated carbocycles.